The smallest absolute Gasteiger partial charge is 0.336 e. The third-order valence-electron chi connectivity index (χ3n) is 5.03. The Hall–Kier alpha value is -4.70. The first-order valence-electron chi connectivity index (χ1n) is 10.6. The van der Waals surface area contributed by atoms with Crippen LogP contribution in [0.4, 0.5) is 0 Å². The van der Waals surface area contributed by atoms with E-state index in [-0.39, 0.29) is 5.75 Å². The molecule has 0 N–H and O–H groups in total. The SMILES string of the molecule is COc1cccc(/C=C/C(=O)Oc2ccc(/C=C(/C#N)c3ccc(OC)c(OC)c3)cc2OC)c1. The molecule has 0 spiro atoms. The van der Waals surface area contributed by atoms with Crippen LogP contribution in [0, 0.1) is 11.3 Å². The molecule has 0 aliphatic heterocycles. The summed E-state index contributed by atoms with van der Waals surface area (Å²) in [4.78, 5) is 12.3. The van der Waals surface area contributed by atoms with E-state index in [1.165, 1.54) is 20.3 Å². The van der Waals surface area contributed by atoms with Crippen LogP contribution in [0.15, 0.2) is 66.7 Å². The molecule has 0 saturated carbocycles. The number of methoxy groups -OCH3 is 4. The number of esters is 1. The number of hydrogen-bond acceptors (Lipinski definition) is 7. The molecule has 0 amide bonds. The van der Waals surface area contributed by atoms with Crippen molar-refractivity contribution >= 4 is 23.7 Å². The van der Waals surface area contributed by atoms with Crippen LogP contribution in [0.3, 0.4) is 0 Å². The number of hydrogen-bond donors (Lipinski definition) is 0. The number of carbonyl (C=O) groups is 1. The summed E-state index contributed by atoms with van der Waals surface area (Å²) in [6.07, 6.45) is 4.67. The van der Waals surface area contributed by atoms with Gasteiger partial charge in [0.05, 0.1) is 40.1 Å². The van der Waals surface area contributed by atoms with Crippen molar-refractivity contribution in [3.05, 3.63) is 83.4 Å². The van der Waals surface area contributed by atoms with Crippen molar-refractivity contribution in [3.8, 4) is 34.8 Å². The highest BCUT2D eigenvalue weighted by molar-refractivity contribution is 5.91. The highest BCUT2D eigenvalue weighted by atomic mass is 16.6. The van der Waals surface area contributed by atoms with Gasteiger partial charge in [-0.3, -0.25) is 0 Å². The van der Waals surface area contributed by atoms with Gasteiger partial charge in [-0.1, -0.05) is 18.2 Å². The number of carbonyl (C=O) groups excluding carboxylic acids is 1. The summed E-state index contributed by atoms with van der Waals surface area (Å²) in [6.45, 7) is 0. The molecule has 0 aromatic heterocycles. The molecular weight excluding hydrogens is 446 g/mol. The first-order valence-corrected chi connectivity index (χ1v) is 10.6. The van der Waals surface area contributed by atoms with Crippen molar-refractivity contribution < 1.29 is 28.5 Å². The highest BCUT2D eigenvalue weighted by Gasteiger charge is 2.11. The Bertz CT molecular complexity index is 1300. The van der Waals surface area contributed by atoms with Crippen molar-refractivity contribution in [2.45, 2.75) is 0 Å². The fourth-order valence-corrected chi connectivity index (χ4v) is 3.26. The van der Waals surface area contributed by atoms with Gasteiger partial charge < -0.3 is 23.7 Å². The topological polar surface area (TPSA) is 87.0 Å². The summed E-state index contributed by atoms with van der Waals surface area (Å²) < 4.78 is 26.6. The third kappa shape index (κ3) is 6.42. The fourth-order valence-electron chi connectivity index (χ4n) is 3.26. The molecule has 0 radical (unpaired) electrons. The van der Waals surface area contributed by atoms with Gasteiger partial charge in [-0.25, -0.2) is 4.79 Å². The lowest BCUT2D eigenvalue weighted by atomic mass is 10.0. The largest absolute Gasteiger partial charge is 0.497 e. The molecule has 0 aliphatic rings. The third-order valence-corrected chi connectivity index (χ3v) is 5.03. The molecule has 0 atom stereocenters. The maximum absolute atomic E-state index is 12.3. The summed E-state index contributed by atoms with van der Waals surface area (Å²) >= 11 is 0. The van der Waals surface area contributed by atoms with E-state index >= 15 is 0 Å². The molecule has 0 bridgehead atoms. The predicted molar refractivity (Wildman–Crippen MR) is 134 cm³/mol. The van der Waals surface area contributed by atoms with Gasteiger partial charge in [0.15, 0.2) is 23.0 Å². The number of benzene rings is 3. The molecule has 178 valence electrons. The maximum Gasteiger partial charge on any atom is 0.336 e. The Balaban J connectivity index is 1.80. The quantitative estimate of drug-likeness (QED) is 0.136. The lowest BCUT2D eigenvalue weighted by molar-refractivity contribution is -0.129. The molecule has 0 saturated heterocycles. The van der Waals surface area contributed by atoms with Gasteiger partial charge in [-0.15, -0.1) is 0 Å². The molecule has 3 aromatic rings. The molecular formula is C28H25NO6. The molecule has 0 unspecified atom stereocenters. The number of rotatable bonds is 9. The monoisotopic (exact) mass is 471 g/mol. The summed E-state index contributed by atoms with van der Waals surface area (Å²) in [5.41, 5.74) is 2.58. The predicted octanol–water partition coefficient (Wildman–Crippen LogP) is 5.40. The van der Waals surface area contributed by atoms with E-state index in [9.17, 15) is 10.1 Å². The van der Waals surface area contributed by atoms with Crippen LogP contribution in [0.2, 0.25) is 0 Å². The lowest BCUT2D eigenvalue weighted by Crippen LogP contribution is -2.05. The van der Waals surface area contributed by atoms with Crippen molar-refractivity contribution in [1.29, 1.82) is 5.26 Å². The first-order chi connectivity index (χ1) is 17.0. The Morgan fingerprint density at radius 3 is 2.17 bits per heavy atom. The second-order valence-corrected chi connectivity index (χ2v) is 7.18. The van der Waals surface area contributed by atoms with Gasteiger partial charge in [0.1, 0.15) is 5.75 Å². The summed E-state index contributed by atoms with van der Waals surface area (Å²) in [7, 11) is 6.14. The average Bonchev–Trinajstić information content (AvgIpc) is 2.90. The van der Waals surface area contributed by atoms with E-state index in [4.69, 9.17) is 23.7 Å². The normalized spacial score (nSPS) is 11.0. The number of nitrogens with zero attached hydrogens (tertiary/aromatic N) is 1. The van der Waals surface area contributed by atoms with Gasteiger partial charge in [0.25, 0.3) is 0 Å². The minimum absolute atomic E-state index is 0.259. The molecule has 3 aromatic carbocycles. The van der Waals surface area contributed by atoms with Gasteiger partial charge in [-0.05, 0) is 71.3 Å². The van der Waals surface area contributed by atoms with Gasteiger partial charge in [0, 0.05) is 6.08 Å². The van der Waals surface area contributed by atoms with E-state index in [2.05, 4.69) is 6.07 Å². The molecule has 0 aliphatic carbocycles. The summed E-state index contributed by atoms with van der Waals surface area (Å²) in [5, 5.41) is 9.71. The Kier molecular flexibility index (Phi) is 8.52. The molecule has 0 fully saturated rings. The zero-order chi connectivity index (χ0) is 25.2. The number of allylic oxidation sites excluding steroid dienone is 1. The van der Waals surface area contributed by atoms with Crippen LogP contribution in [0.25, 0.3) is 17.7 Å². The van der Waals surface area contributed by atoms with E-state index in [0.29, 0.717) is 39.7 Å². The van der Waals surface area contributed by atoms with Crippen molar-refractivity contribution in [1.82, 2.24) is 0 Å². The Morgan fingerprint density at radius 2 is 1.49 bits per heavy atom. The standard InChI is InChI=1S/C28H25NO6/c1-31-23-7-5-6-19(15-23)9-13-28(30)35-25-11-8-20(16-26(25)33-3)14-22(18-29)21-10-12-24(32-2)27(17-21)34-4/h5-17H,1-4H3/b13-9+,22-14-. The molecule has 7 heteroatoms. The highest BCUT2D eigenvalue weighted by Crippen LogP contribution is 2.33. The second kappa shape index (κ2) is 12.0. The first kappa shape index (κ1) is 24.9. The summed E-state index contributed by atoms with van der Waals surface area (Å²) in [6, 6.07) is 19.8. The molecule has 7 nitrogen and oxygen atoms in total. The molecule has 0 heterocycles. The number of nitriles is 1. The minimum atomic E-state index is -0.558. The van der Waals surface area contributed by atoms with Crippen LogP contribution < -0.4 is 23.7 Å². The Labute approximate surface area is 204 Å². The van der Waals surface area contributed by atoms with Gasteiger partial charge in [0.2, 0.25) is 0 Å². The van der Waals surface area contributed by atoms with E-state index in [0.717, 1.165) is 5.56 Å². The van der Waals surface area contributed by atoms with E-state index in [1.807, 2.05) is 18.2 Å². The van der Waals surface area contributed by atoms with Crippen molar-refractivity contribution in [2.24, 2.45) is 0 Å². The minimum Gasteiger partial charge on any atom is -0.497 e. The van der Waals surface area contributed by atoms with Crippen LogP contribution in [-0.4, -0.2) is 34.4 Å². The second-order valence-electron chi connectivity index (χ2n) is 7.18. The zero-order valence-electron chi connectivity index (χ0n) is 19.9. The zero-order valence-corrected chi connectivity index (χ0v) is 19.9. The van der Waals surface area contributed by atoms with Gasteiger partial charge >= 0.3 is 5.97 Å². The summed E-state index contributed by atoms with van der Waals surface area (Å²) in [5.74, 6) is 1.84. The van der Waals surface area contributed by atoms with Crippen LogP contribution in [0.5, 0.6) is 28.7 Å². The Morgan fingerprint density at radius 1 is 0.771 bits per heavy atom. The maximum atomic E-state index is 12.3. The van der Waals surface area contributed by atoms with Crippen molar-refractivity contribution in [3.63, 3.8) is 0 Å². The number of ether oxygens (including phenoxy) is 5. The fraction of sp³-hybridized carbons (Fsp3) is 0.143. The molecule has 35 heavy (non-hydrogen) atoms. The van der Waals surface area contributed by atoms with E-state index < -0.39 is 5.97 Å². The molecule has 3 rings (SSSR count). The lowest BCUT2D eigenvalue weighted by Gasteiger charge is -2.10. The van der Waals surface area contributed by atoms with Crippen molar-refractivity contribution in [2.75, 3.05) is 28.4 Å². The van der Waals surface area contributed by atoms with Gasteiger partial charge in [-0.2, -0.15) is 5.26 Å². The van der Waals surface area contributed by atoms with Crippen LogP contribution in [0.1, 0.15) is 16.7 Å². The van der Waals surface area contributed by atoms with Crippen LogP contribution >= 0.6 is 0 Å². The van der Waals surface area contributed by atoms with Crippen LogP contribution in [-0.2, 0) is 4.79 Å². The van der Waals surface area contributed by atoms with E-state index in [1.54, 1.807) is 68.8 Å². The average molecular weight is 472 g/mol.